The molecular formula is C7H12N2OS. The second-order valence-electron chi connectivity index (χ2n) is 2.61. The van der Waals surface area contributed by atoms with E-state index in [1.165, 1.54) is 11.3 Å². The van der Waals surface area contributed by atoms with Crippen molar-refractivity contribution in [1.29, 1.82) is 0 Å². The lowest BCUT2D eigenvalue weighted by atomic mass is 10.1. The summed E-state index contributed by atoms with van der Waals surface area (Å²) in [6, 6.07) is -0.184. The van der Waals surface area contributed by atoms with Gasteiger partial charge >= 0.3 is 0 Å². The van der Waals surface area contributed by atoms with E-state index >= 15 is 0 Å². The zero-order chi connectivity index (χ0) is 8.27. The molecule has 62 valence electrons. The van der Waals surface area contributed by atoms with Crippen LogP contribution in [0.4, 0.5) is 0 Å². The van der Waals surface area contributed by atoms with Crippen LogP contribution in [-0.2, 0) is 6.42 Å². The molecule has 0 radical (unpaired) electrons. The number of aliphatic hydroxyl groups excluding tert-OH is 1. The highest BCUT2D eigenvalue weighted by atomic mass is 32.1. The summed E-state index contributed by atoms with van der Waals surface area (Å²) in [4.78, 5) is 4.04. The average Bonchev–Trinajstić information content (AvgIpc) is 2.39. The van der Waals surface area contributed by atoms with Crippen LogP contribution in [0.3, 0.4) is 0 Å². The van der Waals surface area contributed by atoms with Crippen LogP contribution < -0.4 is 5.73 Å². The van der Waals surface area contributed by atoms with E-state index < -0.39 is 6.10 Å². The van der Waals surface area contributed by atoms with Gasteiger partial charge in [-0.2, -0.15) is 0 Å². The van der Waals surface area contributed by atoms with E-state index in [2.05, 4.69) is 4.98 Å². The molecule has 0 spiro atoms. The molecule has 0 aliphatic rings. The summed E-state index contributed by atoms with van der Waals surface area (Å²) in [7, 11) is 0. The monoisotopic (exact) mass is 172 g/mol. The van der Waals surface area contributed by atoms with Crippen molar-refractivity contribution in [2.45, 2.75) is 25.5 Å². The maximum atomic E-state index is 9.34. The van der Waals surface area contributed by atoms with E-state index in [4.69, 9.17) is 5.73 Å². The van der Waals surface area contributed by atoms with Crippen molar-refractivity contribution in [3.05, 3.63) is 16.6 Å². The van der Waals surface area contributed by atoms with Crippen LogP contribution in [0.1, 0.15) is 12.6 Å². The molecule has 0 aromatic carbocycles. The van der Waals surface area contributed by atoms with Gasteiger partial charge in [0, 0.05) is 17.8 Å². The standard InChI is InChI=1S/C7H12N2OS/c1-5(8)7(10)2-6-3-11-4-9-6/h3-5,7,10H,2,8H2,1H3. The van der Waals surface area contributed by atoms with Gasteiger partial charge in [-0.1, -0.05) is 0 Å². The van der Waals surface area contributed by atoms with Crippen molar-refractivity contribution in [3.8, 4) is 0 Å². The zero-order valence-corrected chi connectivity index (χ0v) is 7.21. The quantitative estimate of drug-likeness (QED) is 0.693. The third-order valence-electron chi connectivity index (χ3n) is 1.51. The summed E-state index contributed by atoms with van der Waals surface area (Å²) in [6.07, 6.45) is 0.0818. The van der Waals surface area contributed by atoms with E-state index in [0.29, 0.717) is 6.42 Å². The number of hydrogen-bond donors (Lipinski definition) is 2. The number of nitrogens with zero attached hydrogens (tertiary/aromatic N) is 1. The summed E-state index contributed by atoms with van der Waals surface area (Å²) in [5, 5.41) is 11.3. The van der Waals surface area contributed by atoms with E-state index in [9.17, 15) is 5.11 Å². The Balaban J connectivity index is 2.43. The first kappa shape index (κ1) is 8.64. The molecule has 0 aliphatic heterocycles. The Morgan fingerprint density at radius 2 is 2.55 bits per heavy atom. The van der Waals surface area contributed by atoms with Crippen molar-refractivity contribution in [2.24, 2.45) is 5.73 Å². The minimum atomic E-state index is -0.475. The molecule has 0 bridgehead atoms. The van der Waals surface area contributed by atoms with Crippen LogP contribution in [0.5, 0.6) is 0 Å². The molecular weight excluding hydrogens is 160 g/mol. The summed E-state index contributed by atoms with van der Waals surface area (Å²) >= 11 is 1.53. The fraction of sp³-hybridized carbons (Fsp3) is 0.571. The molecule has 1 aromatic heterocycles. The average molecular weight is 172 g/mol. The van der Waals surface area contributed by atoms with Gasteiger partial charge < -0.3 is 10.8 Å². The second-order valence-corrected chi connectivity index (χ2v) is 3.33. The second kappa shape index (κ2) is 3.80. The van der Waals surface area contributed by atoms with Crippen LogP contribution in [0.15, 0.2) is 10.9 Å². The fourth-order valence-electron chi connectivity index (χ4n) is 0.739. The predicted octanol–water partition coefficient (Wildman–Crippen LogP) is 0.394. The Morgan fingerprint density at radius 1 is 1.82 bits per heavy atom. The highest BCUT2D eigenvalue weighted by molar-refractivity contribution is 7.07. The first-order valence-corrected chi connectivity index (χ1v) is 4.45. The fourth-order valence-corrected chi connectivity index (χ4v) is 1.31. The Bertz CT molecular complexity index is 198. The van der Waals surface area contributed by atoms with Crippen LogP contribution >= 0.6 is 11.3 Å². The number of hydrogen-bond acceptors (Lipinski definition) is 4. The molecule has 1 heterocycles. The minimum absolute atomic E-state index is 0.184. The molecule has 4 heteroatoms. The van der Waals surface area contributed by atoms with Gasteiger partial charge in [-0.05, 0) is 6.92 Å². The molecule has 11 heavy (non-hydrogen) atoms. The molecule has 3 N–H and O–H groups in total. The summed E-state index contributed by atoms with van der Waals surface area (Å²) in [6.45, 7) is 1.79. The van der Waals surface area contributed by atoms with Crippen molar-refractivity contribution >= 4 is 11.3 Å². The van der Waals surface area contributed by atoms with E-state index in [0.717, 1.165) is 5.69 Å². The van der Waals surface area contributed by atoms with Crippen molar-refractivity contribution in [1.82, 2.24) is 4.98 Å². The smallest absolute Gasteiger partial charge is 0.0794 e. The maximum absolute atomic E-state index is 9.34. The maximum Gasteiger partial charge on any atom is 0.0794 e. The van der Waals surface area contributed by atoms with E-state index in [1.54, 1.807) is 12.4 Å². The Morgan fingerprint density at radius 3 is 3.00 bits per heavy atom. The van der Waals surface area contributed by atoms with Crippen molar-refractivity contribution in [3.63, 3.8) is 0 Å². The lowest BCUT2D eigenvalue weighted by Crippen LogP contribution is -2.33. The molecule has 1 rings (SSSR count). The van der Waals surface area contributed by atoms with Gasteiger partial charge in [-0.25, -0.2) is 4.98 Å². The van der Waals surface area contributed by atoms with Crippen LogP contribution in [0.2, 0.25) is 0 Å². The van der Waals surface area contributed by atoms with Crippen molar-refractivity contribution in [2.75, 3.05) is 0 Å². The van der Waals surface area contributed by atoms with Gasteiger partial charge in [0.2, 0.25) is 0 Å². The molecule has 2 unspecified atom stereocenters. The van der Waals surface area contributed by atoms with Gasteiger partial charge in [0.05, 0.1) is 17.3 Å². The van der Waals surface area contributed by atoms with Crippen molar-refractivity contribution < 1.29 is 5.11 Å². The Labute approximate surface area is 69.9 Å². The third kappa shape index (κ3) is 2.57. The normalized spacial score (nSPS) is 16.3. The molecule has 0 amide bonds. The lowest BCUT2D eigenvalue weighted by molar-refractivity contribution is 0.150. The zero-order valence-electron chi connectivity index (χ0n) is 6.40. The Kier molecular flexibility index (Phi) is 2.99. The van der Waals surface area contributed by atoms with Crippen LogP contribution in [0.25, 0.3) is 0 Å². The molecule has 3 nitrogen and oxygen atoms in total. The Hall–Kier alpha value is -0.450. The van der Waals surface area contributed by atoms with Gasteiger partial charge in [0.15, 0.2) is 0 Å². The van der Waals surface area contributed by atoms with Gasteiger partial charge in [-0.3, -0.25) is 0 Å². The van der Waals surface area contributed by atoms with E-state index in [1.807, 2.05) is 5.38 Å². The van der Waals surface area contributed by atoms with Gasteiger partial charge in [0.1, 0.15) is 0 Å². The molecule has 2 atom stereocenters. The molecule has 0 saturated heterocycles. The number of aromatic nitrogens is 1. The molecule has 0 saturated carbocycles. The summed E-state index contributed by atoms with van der Waals surface area (Å²) in [5.41, 5.74) is 8.15. The lowest BCUT2D eigenvalue weighted by Gasteiger charge is -2.11. The number of nitrogens with two attached hydrogens (primary N) is 1. The SMILES string of the molecule is CC(N)C(O)Cc1cscn1. The predicted molar refractivity (Wildman–Crippen MR) is 45.5 cm³/mol. The summed E-state index contributed by atoms with van der Waals surface area (Å²) < 4.78 is 0. The van der Waals surface area contributed by atoms with E-state index in [-0.39, 0.29) is 6.04 Å². The summed E-state index contributed by atoms with van der Waals surface area (Å²) in [5.74, 6) is 0. The highest BCUT2D eigenvalue weighted by Crippen LogP contribution is 2.05. The topological polar surface area (TPSA) is 59.1 Å². The minimum Gasteiger partial charge on any atom is -0.391 e. The number of rotatable bonds is 3. The number of thiazole rings is 1. The van der Waals surface area contributed by atoms with Gasteiger partial charge in [0.25, 0.3) is 0 Å². The highest BCUT2D eigenvalue weighted by Gasteiger charge is 2.10. The van der Waals surface area contributed by atoms with Crippen LogP contribution in [-0.4, -0.2) is 22.2 Å². The first-order valence-electron chi connectivity index (χ1n) is 3.51. The molecule has 1 aromatic rings. The first-order chi connectivity index (χ1) is 5.20. The molecule has 0 aliphatic carbocycles. The van der Waals surface area contributed by atoms with Crippen LogP contribution in [0, 0.1) is 0 Å². The third-order valence-corrected chi connectivity index (χ3v) is 2.14. The van der Waals surface area contributed by atoms with Gasteiger partial charge in [-0.15, -0.1) is 11.3 Å². The number of aliphatic hydroxyl groups is 1. The largest absolute Gasteiger partial charge is 0.391 e. The molecule has 0 fully saturated rings.